The summed E-state index contributed by atoms with van der Waals surface area (Å²) in [6, 6.07) is 13.6. The van der Waals surface area contributed by atoms with E-state index in [4.69, 9.17) is 32.7 Å². The van der Waals surface area contributed by atoms with E-state index in [1.807, 2.05) is 36.4 Å². The molecule has 0 spiro atoms. The zero-order valence-corrected chi connectivity index (χ0v) is 19.9. The van der Waals surface area contributed by atoms with Crippen LogP contribution in [0.2, 0.25) is 10.0 Å². The van der Waals surface area contributed by atoms with E-state index < -0.39 is 0 Å². The topological polar surface area (TPSA) is 38.8 Å². The summed E-state index contributed by atoms with van der Waals surface area (Å²) in [4.78, 5) is 13.9. The first kappa shape index (κ1) is 25.3. The lowest BCUT2D eigenvalue weighted by Gasteiger charge is -2.25. The molecule has 0 saturated carbocycles. The third kappa shape index (κ3) is 6.75. The number of aryl methyl sites for hydroxylation is 1. The molecule has 7 heteroatoms. The number of carbonyl (C=O) groups excluding carboxylic acids is 1. The van der Waals surface area contributed by atoms with E-state index >= 15 is 0 Å². The second kappa shape index (κ2) is 12.2. The number of hydrogen-bond acceptors (Lipinski definition) is 4. The molecule has 0 atom stereocenters. The number of hydrogen-bond donors (Lipinski definition) is 0. The predicted molar refractivity (Wildman–Crippen MR) is 129 cm³/mol. The molecule has 0 bridgehead atoms. The SMILES string of the molecule is COC(=O)C1=CCCN(CCO/C=C(\c2ccccc2C)c2ccc(Cl)cc2Cl)C1.Cl. The lowest BCUT2D eigenvalue weighted by Crippen LogP contribution is -2.34. The highest BCUT2D eigenvalue weighted by molar-refractivity contribution is 6.35. The van der Waals surface area contributed by atoms with Crippen molar-refractivity contribution >= 4 is 47.2 Å². The van der Waals surface area contributed by atoms with Gasteiger partial charge in [-0.15, -0.1) is 12.4 Å². The Morgan fingerprint density at radius 1 is 1.16 bits per heavy atom. The van der Waals surface area contributed by atoms with Crippen molar-refractivity contribution in [1.82, 2.24) is 4.90 Å². The van der Waals surface area contributed by atoms with Crippen LogP contribution in [0.1, 0.15) is 23.1 Å². The number of benzene rings is 2. The minimum Gasteiger partial charge on any atom is -0.499 e. The van der Waals surface area contributed by atoms with Crippen molar-refractivity contribution in [2.75, 3.05) is 33.4 Å². The molecule has 31 heavy (non-hydrogen) atoms. The quantitative estimate of drug-likeness (QED) is 0.278. The predicted octanol–water partition coefficient (Wildman–Crippen LogP) is 5.93. The molecule has 1 aliphatic heterocycles. The van der Waals surface area contributed by atoms with Gasteiger partial charge in [0.1, 0.15) is 6.61 Å². The molecule has 1 aliphatic rings. The Bertz CT molecular complexity index is 972. The van der Waals surface area contributed by atoms with Gasteiger partial charge in [0.25, 0.3) is 0 Å². The van der Waals surface area contributed by atoms with Gasteiger partial charge in [-0.3, -0.25) is 4.90 Å². The van der Waals surface area contributed by atoms with Gasteiger partial charge in [-0.25, -0.2) is 4.79 Å². The fourth-order valence-corrected chi connectivity index (χ4v) is 3.97. The fourth-order valence-electron chi connectivity index (χ4n) is 3.45. The Morgan fingerprint density at radius 3 is 2.65 bits per heavy atom. The minimum atomic E-state index is -0.264. The van der Waals surface area contributed by atoms with E-state index in [1.54, 1.807) is 12.3 Å². The van der Waals surface area contributed by atoms with E-state index in [0.29, 0.717) is 35.3 Å². The van der Waals surface area contributed by atoms with Crippen LogP contribution < -0.4 is 0 Å². The van der Waals surface area contributed by atoms with Gasteiger partial charge >= 0.3 is 5.97 Å². The van der Waals surface area contributed by atoms with Gasteiger partial charge in [0.05, 0.1) is 18.4 Å². The summed E-state index contributed by atoms with van der Waals surface area (Å²) in [5.41, 5.74) is 4.65. The molecule has 2 aromatic carbocycles. The highest BCUT2D eigenvalue weighted by atomic mass is 35.5. The fraction of sp³-hybridized carbons (Fsp3) is 0.292. The van der Waals surface area contributed by atoms with Crippen LogP contribution in [-0.4, -0.2) is 44.2 Å². The molecule has 1 heterocycles. The van der Waals surface area contributed by atoms with Gasteiger partial charge in [0, 0.05) is 41.4 Å². The first-order valence-corrected chi connectivity index (χ1v) is 10.6. The second-order valence-electron chi connectivity index (χ2n) is 7.13. The Labute approximate surface area is 199 Å². The Balaban J connectivity index is 0.00000341. The molecule has 0 aromatic heterocycles. The molecule has 0 radical (unpaired) electrons. The summed E-state index contributed by atoms with van der Waals surface area (Å²) in [5.74, 6) is -0.264. The number of ether oxygens (including phenoxy) is 2. The van der Waals surface area contributed by atoms with E-state index in [1.165, 1.54) is 7.11 Å². The highest BCUT2D eigenvalue weighted by Crippen LogP contribution is 2.32. The Kier molecular flexibility index (Phi) is 9.92. The van der Waals surface area contributed by atoms with Crippen LogP contribution in [0.4, 0.5) is 0 Å². The smallest absolute Gasteiger partial charge is 0.334 e. The summed E-state index contributed by atoms with van der Waals surface area (Å²) in [7, 11) is 1.41. The van der Waals surface area contributed by atoms with Crippen molar-refractivity contribution in [3.05, 3.63) is 87.1 Å². The van der Waals surface area contributed by atoms with Gasteiger partial charge in [-0.1, -0.05) is 59.6 Å². The van der Waals surface area contributed by atoms with Crippen molar-refractivity contribution in [3.8, 4) is 0 Å². The monoisotopic (exact) mass is 481 g/mol. The van der Waals surface area contributed by atoms with Crippen molar-refractivity contribution < 1.29 is 14.3 Å². The average Bonchev–Trinajstić information content (AvgIpc) is 2.75. The van der Waals surface area contributed by atoms with Gasteiger partial charge < -0.3 is 9.47 Å². The lowest BCUT2D eigenvalue weighted by molar-refractivity contribution is -0.136. The largest absolute Gasteiger partial charge is 0.499 e. The molecule has 0 N–H and O–H groups in total. The van der Waals surface area contributed by atoms with Crippen LogP contribution in [0.5, 0.6) is 0 Å². The van der Waals surface area contributed by atoms with Crippen LogP contribution in [0.3, 0.4) is 0 Å². The molecular formula is C24H26Cl3NO3. The summed E-state index contributed by atoms with van der Waals surface area (Å²) < 4.78 is 10.8. The molecule has 3 rings (SSSR count). The maximum absolute atomic E-state index is 11.8. The summed E-state index contributed by atoms with van der Waals surface area (Å²) >= 11 is 12.6. The van der Waals surface area contributed by atoms with Crippen LogP contribution >= 0.6 is 35.6 Å². The first-order chi connectivity index (χ1) is 14.5. The van der Waals surface area contributed by atoms with Crippen molar-refractivity contribution in [3.63, 3.8) is 0 Å². The average molecular weight is 483 g/mol. The zero-order valence-electron chi connectivity index (χ0n) is 17.6. The maximum Gasteiger partial charge on any atom is 0.334 e. The lowest BCUT2D eigenvalue weighted by atomic mass is 9.95. The molecule has 0 unspecified atom stereocenters. The molecule has 0 saturated heterocycles. The van der Waals surface area contributed by atoms with Crippen LogP contribution in [0, 0.1) is 6.92 Å². The molecule has 0 aliphatic carbocycles. The van der Waals surface area contributed by atoms with Gasteiger partial charge in [-0.05, 0) is 36.6 Å². The zero-order chi connectivity index (χ0) is 21.5. The first-order valence-electron chi connectivity index (χ1n) is 9.82. The molecule has 0 fully saturated rings. The van der Waals surface area contributed by atoms with Crippen molar-refractivity contribution in [2.45, 2.75) is 13.3 Å². The van der Waals surface area contributed by atoms with Crippen LogP contribution in [-0.2, 0) is 14.3 Å². The van der Waals surface area contributed by atoms with E-state index in [0.717, 1.165) is 35.2 Å². The summed E-state index contributed by atoms with van der Waals surface area (Å²) in [6.07, 6.45) is 4.54. The normalized spacial score (nSPS) is 14.5. The summed E-state index contributed by atoms with van der Waals surface area (Å²) in [5, 5.41) is 1.16. The van der Waals surface area contributed by atoms with E-state index in [-0.39, 0.29) is 18.4 Å². The number of halogens is 3. The molecule has 166 valence electrons. The third-order valence-corrected chi connectivity index (χ3v) is 5.61. The minimum absolute atomic E-state index is 0. The molecule has 0 amide bonds. The molecule has 2 aromatic rings. The number of esters is 1. The second-order valence-corrected chi connectivity index (χ2v) is 7.97. The Morgan fingerprint density at radius 2 is 1.94 bits per heavy atom. The van der Waals surface area contributed by atoms with Gasteiger partial charge in [0.2, 0.25) is 0 Å². The van der Waals surface area contributed by atoms with Crippen LogP contribution in [0.15, 0.2) is 60.4 Å². The van der Waals surface area contributed by atoms with Crippen molar-refractivity contribution in [2.24, 2.45) is 0 Å². The van der Waals surface area contributed by atoms with E-state index in [2.05, 4.69) is 17.9 Å². The highest BCUT2D eigenvalue weighted by Gasteiger charge is 2.18. The number of rotatable bonds is 7. The third-order valence-electron chi connectivity index (χ3n) is 5.06. The summed E-state index contributed by atoms with van der Waals surface area (Å²) in [6.45, 7) is 4.73. The van der Waals surface area contributed by atoms with Crippen LogP contribution in [0.25, 0.3) is 5.57 Å². The van der Waals surface area contributed by atoms with Gasteiger partial charge in [-0.2, -0.15) is 0 Å². The number of carbonyl (C=O) groups is 1. The standard InChI is InChI=1S/C24H25Cl2NO3.ClH/c1-17-6-3-4-8-20(17)22(21-10-9-19(25)14-23(21)26)16-30-13-12-27-11-5-7-18(15-27)24(28)29-2;/h3-4,6-10,14,16H,5,11-13,15H2,1-2H3;1H/b22-16+;. The molecule has 4 nitrogen and oxygen atoms in total. The number of nitrogens with zero attached hydrogens (tertiary/aromatic N) is 1. The number of methoxy groups -OCH3 is 1. The van der Waals surface area contributed by atoms with Crippen molar-refractivity contribution in [1.29, 1.82) is 0 Å². The van der Waals surface area contributed by atoms with E-state index in [9.17, 15) is 4.79 Å². The molecular weight excluding hydrogens is 457 g/mol. The van der Waals surface area contributed by atoms with Gasteiger partial charge in [0.15, 0.2) is 0 Å². The Hall–Kier alpha value is -1.98. The maximum atomic E-state index is 11.8.